The van der Waals surface area contributed by atoms with Gasteiger partial charge in [0.25, 0.3) is 5.56 Å². The molecule has 3 atom stereocenters. The van der Waals surface area contributed by atoms with Crippen molar-refractivity contribution in [2.45, 2.75) is 45.6 Å². The third-order valence-electron chi connectivity index (χ3n) is 4.19. The molecule has 1 fully saturated rings. The van der Waals surface area contributed by atoms with Crippen molar-refractivity contribution >= 4 is 29.0 Å². The molecular formula is C16H21N5O6. The molecule has 146 valence electrons. The molecule has 0 radical (unpaired) electrons. The van der Waals surface area contributed by atoms with Crippen LogP contribution in [0.1, 0.15) is 33.4 Å². The van der Waals surface area contributed by atoms with Crippen LogP contribution in [0, 0.1) is 5.92 Å². The van der Waals surface area contributed by atoms with Crippen LogP contribution < -0.4 is 10.9 Å². The fourth-order valence-corrected chi connectivity index (χ4v) is 2.83. The lowest BCUT2D eigenvalue weighted by Gasteiger charge is -2.15. The standard InChI is InChI=1S/C16H21N5O6/c1-7(2)14(24)19-16-18-13-12(15(25)20-16)17-6-21(13)11-4-9(26-8(3)23)10(5-22)27-11/h6-7,9-11,22H,4-5H2,1-3H3,(H2,18,19,20,24,25)/t9?,10-,11-/m1/s1. The van der Waals surface area contributed by atoms with Crippen molar-refractivity contribution in [3.63, 3.8) is 0 Å². The maximum Gasteiger partial charge on any atom is 0.302 e. The third kappa shape index (κ3) is 3.83. The van der Waals surface area contributed by atoms with E-state index in [2.05, 4.69) is 20.3 Å². The van der Waals surface area contributed by atoms with Crippen molar-refractivity contribution in [2.75, 3.05) is 11.9 Å². The van der Waals surface area contributed by atoms with Gasteiger partial charge in [0.1, 0.15) is 18.4 Å². The molecule has 11 nitrogen and oxygen atoms in total. The number of rotatable bonds is 5. The predicted octanol–water partition coefficient (Wildman–Crippen LogP) is -0.0744. The monoisotopic (exact) mass is 379 g/mol. The summed E-state index contributed by atoms with van der Waals surface area (Å²) >= 11 is 0. The minimum Gasteiger partial charge on any atom is -0.460 e. The number of fused-ring (bicyclic) bond motifs is 1. The first kappa shape index (κ1) is 19.0. The van der Waals surface area contributed by atoms with E-state index in [-0.39, 0.29) is 42.0 Å². The molecule has 0 saturated carbocycles. The third-order valence-corrected chi connectivity index (χ3v) is 4.19. The zero-order valence-electron chi connectivity index (χ0n) is 15.1. The number of aliphatic hydroxyl groups is 1. The number of ether oxygens (including phenoxy) is 2. The Kier molecular flexibility index (Phi) is 5.24. The molecule has 0 bridgehead atoms. The van der Waals surface area contributed by atoms with Crippen molar-refractivity contribution in [1.82, 2.24) is 19.5 Å². The first-order chi connectivity index (χ1) is 12.8. The number of nitrogens with zero attached hydrogens (tertiary/aromatic N) is 3. The quantitative estimate of drug-likeness (QED) is 0.611. The summed E-state index contributed by atoms with van der Waals surface area (Å²) in [6.45, 7) is 4.38. The molecule has 11 heteroatoms. The van der Waals surface area contributed by atoms with E-state index in [1.54, 1.807) is 13.8 Å². The fraction of sp³-hybridized carbons (Fsp3) is 0.562. The van der Waals surface area contributed by atoms with Crippen molar-refractivity contribution in [1.29, 1.82) is 0 Å². The van der Waals surface area contributed by atoms with Crippen molar-refractivity contribution in [3.05, 3.63) is 16.7 Å². The number of amides is 1. The van der Waals surface area contributed by atoms with Crippen LogP contribution in [0.25, 0.3) is 11.2 Å². The number of aromatic nitrogens is 4. The second kappa shape index (κ2) is 7.45. The van der Waals surface area contributed by atoms with Gasteiger partial charge in [0.05, 0.1) is 12.9 Å². The van der Waals surface area contributed by atoms with Crippen LogP contribution >= 0.6 is 0 Å². The molecule has 1 aliphatic rings. The molecule has 1 unspecified atom stereocenters. The molecule has 0 aromatic carbocycles. The lowest BCUT2D eigenvalue weighted by molar-refractivity contribution is -0.150. The van der Waals surface area contributed by atoms with Crippen LogP contribution in [0.15, 0.2) is 11.1 Å². The number of carbonyl (C=O) groups is 2. The molecule has 1 aliphatic heterocycles. The summed E-state index contributed by atoms with van der Waals surface area (Å²) in [5, 5.41) is 12.0. The molecule has 3 heterocycles. The number of imidazole rings is 1. The van der Waals surface area contributed by atoms with E-state index in [4.69, 9.17) is 9.47 Å². The van der Waals surface area contributed by atoms with Gasteiger partial charge in [0.2, 0.25) is 11.9 Å². The average molecular weight is 379 g/mol. The molecule has 3 rings (SSSR count). The minimum atomic E-state index is -0.696. The van der Waals surface area contributed by atoms with Gasteiger partial charge < -0.3 is 14.6 Å². The molecule has 3 N–H and O–H groups in total. The summed E-state index contributed by atoms with van der Waals surface area (Å²) in [7, 11) is 0. The van der Waals surface area contributed by atoms with Gasteiger partial charge in [-0.05, 0) is 0 Å². The van der Waals surface area contributed by atoms with Crippen LogP contribution in [0.5, 0.6) is 0 Å². The zero-order valence-corrected chi connectivity index (χ0v) is 15.1. The van der Waals surface area contributed by atoms with Gasteiger partial charge in [-0.3, -0.25) is 29.3 Å². The Bertz CT molecular complexity index is 920. The first-order valence-corrected chi connectivity index (χ1v) is 8.51. The highest BCUT2D eigenvalue weighted by Gasteiger charge is 2.38. The number of esters is 1. The Balaban J connectivity index is 1.93. The first-order valence-electron chi connectivity index (χ1n) is 8.51. The van der Waals surface area contributed by atoms with E-state index >= 15 is 0 Å². The van der Waals surface area contributed by atoms with E-state index < -0.39 is 30.0 Å². The Hall–Kier alpha value is -2.79. The summed E-state index contributed by atoms with van der Waals surface area (Å²) in [6.07, 6.45) is -0.316. The average Bonchev–Trinajstić information content (AvgIpc) is 3.18. The highest BCUT2D eigenvalue weighted by Crippen LogP contribution is 2.32. The summed E-state index contributed by atoms with van der Waals surface area (Å²) in [5.41, 5.74) is -0.216. The summed E-state index contributed by atoms with van der Waals surface area (Å²) in [6, 6.07) is 0. The van der Waals surface area contributed by atoms with E-state index in [0.717, 1.165) is 0 Å². The molecule has 2 aromatic heterocycles. The Labute approximate surface area is 153 Å². The van der Waals surface area contributed by atoms with Gasteiger partial charge in [-0.2, -0.15) is 4.98 Å². The van der Waals surface area contributed by atoms with Crippen molar-refractivity contribution in [3.8, 4) is 0 Å². The molecule has 1 amide bonds. The molecule has 27 heavy (non-hydrogen) atoms. The maximum atomic E-state index is 12.2. The Morgan fingerprint density at radius 2 is 2.26 bits per heavy atom. The van der Waals surface area contributed by atoms with Gasteiger partial charge in [-0.25, -0.2) is 4.98 Å². The van der Waals surface area contributed by atoms with Crippen LogP contribution in [0.2, 0.25) is 0 Å². The highest BCUT2D eigenvalue weighted by molar-refractivity contribution is 5.91. The molecule has 0 spiro atoms. The van der Waals surface area contributed by atoms with Crippen LogP contribution in [-0.2, 0) is 19.1 Å². The van der Waals surface area contributed by atoms with Crippen molar-refractivity contribution < 1.29 is 24.2 Å². The highest BCUT2D eigenvalue weighted by atomic mass is 16.6. The SMILES string of the molecule is CC(=O)OC1C[C@H](n2cnc3c(=O)[nH]c(NC(=O)C(C)C)nc32)O[C@@H]1CO. The van der Waals surface area contributed by atoms with E-state index in [0.29, 0.717) is 0 Å². The van der Waals surface area contributed by atoms with Crippen LogP contribution in [-0.4, -0.2) is 55.3 Å². The predicted molar refractivity (Wildman–Crippen MR) is 92.8 cm³/mol. The fourth-order valence-electron chi connectivity index (χ4n) is 2.83. The number of aromatic amines is 1. The smallest absolute Gasteiger partial charge is 0.302 e. The van der Waals surface area contributed by atoms with Crippen molar-refractivity contribution in [2.24, 2.45) is 5.92 Å². The van der Waals surface area contributed by atoms with Gasteiger partial charge in [0.15, 0.2) is 11.2 Å². The number of hydrogen-bond donors (Lipinski definition) is 3. The molecular weight excluding hydrogens is 358 g/mol. The van der Waals surface area contributed by atoms with E-state index in [1.807, 2.05) is 0 Å². The summed E-state index contributed by atoms with van der Waals surface area (Å²) < 4.78 is 12.4. The second-order valence-corrected chi connectivity index (χ2v) is 6.58. The zero-order chi connectivity index (χ0) is 19.7. The van der Waals surface area contributed by atoms with Crippen LogP contribution in [0.4, 0.5) is 5.95 Å². The number of anilines is 1. The number of aliphatic hydroxyl groups excluding tert-OH is 1. The topological polar surface area (TPSA) is 148 Å². The van der Waals surface area contributed by atoms with Gasteiger partial charge in [-0.1, -0.05) is 13.8 Å². The largest absolute Gasteiger partial charge is 0.460 e. The molecule has 1 saturated heterocycles. The van der Waals surface area contributed by atoms with E-state index in [9.17, 15) is 19.5 Å². The second-order valence-electron chi connectivity index (χ2n) is 6.58. The molecule has 0 aliphatic carbocycles. The summed E-state index contributed by atoms with van der Waals surface area (Å²) in [4.78, 5) is 46.1. The number of nitrogens with one attached hydrogen (secondary N) is 2. The number of hydrogen-bond acceptors (Lipinski definition) is 8. The minimum absolute atomic E-state index is 0.00110. The van der Waals surface area contributed by atoms with Crippen LogP contribution in [0.3, 0.4) is 0 Å². The Morgan fingerprint density at radius 3 is 2.89 bits per heavy atom. The normalized spacial score (nSPS) is 22.3. The molecule has 2 aromatic rings. The lowest BCUT2D eigenvalue weighted by atomic mass is 10.2. The van der Waals surface area contributed by atoms with E-state index in [1.165, 1.54) is 17.8 Å². The Morgan fingerprint density at radius 1 is 1.52 bits per heavy atom. The van der Waals surface area contributed by atoms with Gasteiger partial charge in [0, 0.05) is 19.3 Å². The number of H-pyrrole nitrogens is 1. The van der Waals surface area contributed by atoms with Gasteiger partial charge in [-0.15, -0.1) is 0 Å². The lowest BCUT2D eigenvalue weighted by Crippen LogP contribution is -2.29. The maximum absolute atomic E-state index is 12.2. The number of carbonyl (C=O) groups excluding carboxylic acids is 2. The summed E-state index contributed by atoms with van der Waals surface area (Å²) in [5.74, 6) is -1.06. The van der Waals surface area contributed by atoms with Gasteiger partial charge >= 0.3 is 5.97 Å².